The Balaban J connectivity index is 1.39. The number of likely N-dealkylation sites (tertiary alicyclic amines) is 1. The summed E-state index contributed by atoms with van der Waals surface area (Å²) in [4.78, 5) is 19.4. The van der Waals surface area contributed by atoms with Crippen molar-refractivity contribution in [3.63, 3.8) is 0 Å². The van der Waals surface area contributed by atoms with Crippen LogP contribution in [0.1, 0.15) is 24.8 Å². The Bertz CT molecular complexity index is 1400. The van der Waals surface area contributed by atoms with E-state index in [1.54, 1.807) is 48.4 Å². The van der Waals surface area contributed by atoms with Crippen LogP contribution in [0.25, 0.3) is 22.2 Å². The van der Waals surface area contributed by atoms with Gasteiger partial charge in [0.25, 0.3) is 0 Å². The van der Waals surface area contributed by atoms with E-state index in [-0.39, 0.29) is 17.6 Å². The Morgan fingerprint density at radius 1 is 1.09 bits per heavy atom. The van der Waals surface area contributed by atoms with Gasteiger partial charge in [0.2, 0.25) is 5.89 Å². The lowest BCUT2D eigenvalue weighted by Gasteiger charge is -2.23. The van der Waals surface area contributed by atoms with Gasteiger partial charge in [-0.05, 0) is 54.8 Å². The van der Waals surface area contributed by atoms with Crippen molar-refractivity contribution < 1.29 is 27.5 Å². The zero-order valence-corrected chi connectivity index (χ0v) is 19.2. The maximum absolute atomic E-state index is 14.3. The summed E-state index contributed by atoms with van der Waals surface area (Å²) < 4.78 is 44.1. The molecule has 0 spiro atoms. The molecule has 1 fully saturated rings. The molecule has 9 heteroatoms. The number of hydrogen-bond acceptors (Lipinski definition) is 5. The summed E-state index contributed by atoms with van der Waals surface area (Å²) >= 11 is 0. The lowest BCUT2D eigenvalue weighted by atomic mass is 10.0. The summed E-state index contributed by atoms with van der Waals surface area (Å²) in [6, 6.07) is 13.0. The first-order valence-corrected chi connectivity index (χ1v) is 11.1. The van der Waals surface area contributed by atoms with E-state index in [1.165, 1.54) is 19.2 Å². The number of urea groups is 1. The van der Waals surface area contributed by atoms with Crippen molar-refractivity contribution in [3.05, 3.63) is 72.1 Å². The number of nitrogens with zero attached hydrogens (tertiary/aromatic N) is 2. The molecule has 1 atom stereocenters. The van der Waals surface area contributed by atoms with Crippen molar-refractivity contribution in [2.24, 2.45) is 0 Å². The Morgan fingerprint density at radius 3 is 2.71 bits per heavy atom. The number of hydrogen-bond donors (Lipinski definition) is 1. The number of methoxy groups -OCH3 is 2. The second-order valence-electron chi connectivity index (χ2n) is 8.21. The smallest absolute Gasteiger partial charge is 0.322 e. The molecular weight excluding hydrogens is 456 g/mol. The van der Waals surface area contributed by atoms with Gasteiger partial charge in [-0.3, -0.25) is 0 Å². The van der Waals surface area contributed by atoms with Gasteiger partial charge >= 0.3 is 6.03 Å². The van der Waals surface area contributed by atoms with E-state index in [9.17, 15) is 13.6 Å². The molecule has 0 radical (unpaired) electrons. The lowest BCUT2D eigenvalue weighted by Crippen LogP contribution is -2.34. The lowest BCUT2D eigenvalue weighted by molar-refractivity contribution is 0.198. The van der Waals surface area contributed by atoms with Crippen LogP contribution in [0.4, 0.5) is 19.3 Å². The molecule has 180 valence electrons. The number of rotatable bonds is 5. The minimum atomic E-state index is -0.652. The third kappa shape index (κ3) is 4.37. The van der Waals surface area contributed by atoms with Gasteiger partial charge in [0.15, 0.2) is 5.58 Å². The summed E-state index contributed by atoms with van der Waals surface area (Å²) in [6.07, 6.45) is 1.49. The standard InChI is InChI=1S/C26H23F2N3O4/c1-33-17-7-9-20(24(14-17)34-2)30-26(32)31-11-3-4-22(31)25-29-21-12-15(5-10-23(21)35-25)18-8-6-16(27)13-19(18)28/h5-10,12-14,22H,3-4,11H2,1-2H3,(H,30,32)/t22-/m1/s1. The quantitative estimate of drug-likeness (QED) is 0.371. The van der Waals surface area contributed by atoms with Gasteiger partial charge in [0.1, 0.15) is 34.7 Å². The fraction of sp³-hybridized carbons (Fsp3) is 0.231. The van der Waals surface area contributed by atoms with Crippen molar-refractivity contribution in [2.45, 2.75) is 18.9 Å². The first kappa shape index (κ1) is 22.6. The number of carbonyl (C=O) groups is 1. The summed E-state index contributed by atoms with van der Waals surface area (Å²) in [5, 5.41) is 2.89. The molecule has 5 rings (SSSR count). The molecule has 1 aliphatic rings. The minimum absolute atomic E-state index is 0.271. The molecule has 7 nitrogen and oxygen atoms in total. The third-order valence-electron chi connectivity index (χ3n) is 6.10. The van der Waals surface area contributed by atoms with Crippen LogP contribution in [0.5, 0.6) is 11.5 Å². The SMILES string of the molecule is COc1ccc(NC(=O)N2CCC[C@@H]2c2nc3cc(-c4ccc(F)cc4F)ccc3o2)c(OC)c1. The number of ether oxygens (including phenoxy) is 2. The molecule has 0 bridgehead atoms. The van der Waals surface area contributed by atoms with Crippen molar-refractivity contribution in [1.82, 2.24) is 9.88 Å². The van der Waals surface area contributed by atoms with E-state index in [2.05, 4.69) is 10.3 Å². The van der Waals surface area contributed by atoms with Crippen molar-refractivity contribution in [3.8, 4) is 22.6 Å². The van der Waals surface area contributed by atoms with Crippen molar-refractivity contribution in [2.75, 3.05) is 26.1 Å². The number of oxazole rings is 1. The normalized spacial score (nSPS) is 15.4. The number of halogens is 2. The molecule has 2 amide bonds. The van der Waals surface area contributed by atoms with Crippen LogP contribution < -0.4 is 14.8 Å². The van der Waals surface area contributed by atoms with E-state index in [4.69, 9.17) is 13.9 Å². The Morgan fingerprint density at radius 2 is 1.94 bits per heavy atom. The molecular formula is C26H23F2N3O4. The molecule has 1 aliphatic heterocycles. The third-order valence-corrected chi connectivity index (χ3v) is 6.10. The largest absolute Gasteiger partial charge is 0.497 e. The van der Waals surface area contributed by atoms with Gasteiger partial charge in [-0.2, -0.15) is 0 Å². The monoisotopic (exact) mass is 479 g/mol. The number of nitrogens with one attached hydrogen (secondary N) is 1. The second kappa shape index (κ2) is 9.25. The highest BCUT2D eigenvalue weighted by Crippen LogP contribution is 2.36. The van der Waals surface area contributed by atoms with Crippen molar-refractivity contribution >= 4 is 22.8 Å². The van der Waals surface area contributed by atoms with Gasteiger partial charge in [-0.25, -0.2) is 18.6 Å². The average Bonchev–Trinajstić information content (AvgIpc) is 3.51. The zero-order chi connectivity index (χ0) is 24.5. The number of amides is 2. The molecule has 1 saturated heterocycles. The molecule has 0 saturated carbocycles. The van der Waals surface area contributed by atoms with Crippen LogP contribution in [-0.2, 0) is 0 Å². The fourth-order valence-electron chi connectivity index (χ4n) is 4.33. The predicted molar refractivity (Wildman–Crippen MR) is 127 cm³/mol. The van der Waals surface area contributed by atoms with Crippen LogP contribution in [0.2, 0.25) is 0 Å². The van der Waals surface area contributed by atoms with E-state index < -0.39 is 11.6 Å². The summed E-state index contributed by atoms with van der Waals surface area (Å²) in [5.74, 6) is 0.218. The molecule has 0 unspecified atom stereocenters. The van der Waals surface area contributed by atoms with E-state index in [0.717, 1.165) is 12.5 Å². The van der Waals surface area contributed by atoms with Gasteiger partial charge in [0, 0.05) is 24.2 Å². The topological polar surface area (TPSA) is 76.8 Å². The summed E-state index contributed by atoms with van der Waals surface area (Å²) in [7, 11) is 3.08. The van der Waals surface area contributed by atoms with Gasteiger partial charge in [-0.15, -0.1) is 0 Å². The number of carbonyl (C=O) groups excluding carboxylic acids is 1. The van der Waals surface area contributed by atoms with Crippen LogP contribution in [0.3, 0.4) is 0 Å². The first-order chi connectivity index (χ1) is 17.0. The highest BCUT2D eigenvalue weighted by atomic mass is 19.1. The maximum atomic E-state index is 14.3. The second-order valence-corrected chi connectivity index (χ2v) is 8.21. The number of anilines is 1. The van der Waals surface area contributed by atoms with Crippen LogP contribution >= 0.6 is 0 Å². The van der Waals surface area contributed by atoms with Crippen molar-refractivity contribution in [1.29, 1.82) is 0 Å². The Hall–Kier alpha value is -4.14. The fourth-order valence-corrected chi connectivity index (χ4v) is 4.33. The molecule has 2 heterocycles. The van der Waals surface area contributed by atoms with Crippen LogP contribution in [0, 0.1) is 11.6 Å². The number of aromatic nitrogens is 1. The predicted octanol–water partition coefficient (Wildman–Crippen LogP) is 6.16. The van der Waals surface area contributed by atoms with E-state index >= 15 is 0 Å². The number of benzene rings is 3. The number of fused-ring (bicyclic) bond motifs is 1. The van der Waals surface area contributed by atoms with E-state index in [1.807, 2.05) is 0 Å². The average molecular weight is 479 g/mol. The molecule has 35 heavy (non-hydrogen) atoms. The van der Waals surface area contributed by atoms with Gasteiger partial charge in [0.05, 0.1) is 19.9 Å². The molecule has 4 aromatic rings. The Labute approximate surface area is 200 Å². The van der Waals surface area contributed by atoms with Crippen LogP contribution in [0.15, 0.2) is 59.0 Å². The Kier molecular flexibility index (Phi) is 5.98. The van der Waals surface area contributed by atoms with E-state index in [0.29, 0.717) is 52.7 Å². The molecule has 0 aliphatic carbocycles. The van der Waals surface area contributed by atoms with Crippen LogP contribution in [-0.4, -0.2) is 36.7 Å². The van der Waals surface area contributed by atoms with Gasteiger partial charge in [-0.1, -0.05) is 6.07 Å². The highest BCUT2D eigenvalue weighted by Gasteiger charge is 2.34. The van der Waals surface area contributed by atoms with Gasteiger partial charge < -0.3 is 24.1 Å². The highest BCUT2D eigenvalue weighted by molar-refractivity contribution is 5.91. The first-order valence-electron chi connectivity index (χ1n) is 11.1. The summed E-state index contributed by atoms with van der Waals surface area (Å²) in [6.45, 7) is 0.541. The zero-order valence-electron chi connectivity index (χ0n) is 19.2. The summed E-state index contributed by atoms with van der Waals surface area (Å²) in [5.41, 5.74) is 2.41. The maximum Gasteiger partial charge on any atom is 0.322 e. The molecule has 3 aromatic carbocycles. The molecule has 1 N–H and O–H groups in total. The minimum Gasteiger partial charge on any atom is -0.497 e. The molecule has 1 aromatic heterocycles.